The Morgan fingerprint density at radius 3 is 2.14 bits per heavy atom. The number of methoxy groups -OCH3 is 1. The first kappa shape index (κ1) is 15.7. The minimum absolute atomic E-state index is 0.162. The van der Waals surface area contributed by atoms with Gasteiger partial charge in [0.05, 0.1) is 7.11 Å². The molecule has 0 aliphatic heterocycles. The molecule has 0 atom stereocenters. The van der Waals surface area contributed by atoms with E-state index in [4.69, 9.17) is 17.0 Å². The minimum Gasteiger partial charge on any atom is -0.486 e. The molecule has 0 aromatic heterocycles. The Bertz CT molecular complexity index is 648. The number of rotatable bonds is 2. The zero-order chi connectivity index (χ0) is 15.6. The fourth-order valence-electron chi connectivity index (χ4n) is 2.47. The lowest BCUT2D eigenvalue weighted by Gasteiger charge is -2.20. The van der Waals surface area contributed by atoms with E-state index in [1.165, 1.54) is 16.7 Å². The molecule has 2 heteroatoms. The number of hydrogen-bond donors (Lipinski definition) is 0. The van der Waals surface area contributed by atoms with E-state index in [2.05, 4.69) is 58.0 Å². The Kier molecular flexibility index (Phi) is 4.48. The van der Waals surface area contributed by atoms with Gasteiger partial charge in [-0.2, -0.15) is 0 Å². The van der Waals surface area contributed by atoms with E-state index in [1.54, 1.807) is 7.11 Å². The van der Waals surface area contributed by atoms with Crippen molar-refractivity contribution in [1.29, 1.82) is 0 Å². The monoisotopic (exact) mass is 298 g/mol. The molecule has 2 aromatic carbocycles. The van der Waals surface area contributed by atoms with E-state index in [0.29, 0.717) is 5.05 Å². The smallest absolute Gasteiger partial charge is 0.191 e. The van der Waals surface area contributed by atoms with Crippen LogP contribution in [0.2, 0.25) is 0 Å². The van der Waals surface area contributed by atoms with E-state index in [9.17, 15) is 0 Å². The molecule has 0 unspecified atom stereocenters. The molecule has 0 aliphatic rings. The molecule has 0 radical (unpaired) electrons. The van der Waals surface area contributed by atoms with Crippen molar-refractivity contribution in [3.8, 4) is 11.1 Å². The molecule has 0 aliphatic carbocycles. The van der Waals surface area contributed by atoms with E-state index in [-0.39, 0.29) is 5.41 Å². The molecule has 0 heterocycles. The first-order valence-corrected chi connectivity index (χ1v) is 7.54. The third-order valence-corrected chi connectivity index (χ3v) is 4.10. The lowest BCUT2D eigenvalue weighted by Crippen LogP contribution is -2.10. The molecule has 0 saturated heterocycles. The highest BCUT2D eigenvalue weighted by Gasteiger charge is 2.15. The summed E-state index contributed by atoms with van der Waals surface area (Å²) in [6.07, 6.45) is 0. The molecule has 2 rings (SSSR count). The van der Waals surface area contributed by atoms with Crippen molar-refractivity contribution in [1.82, 2.24) is 0 Å². The van der Waals surface area contributed by atoms with Crippen LogP contribution < -0.4 is 0 Å². The summed E-state index contributed by atoms with van der Waals surface area (Å²) < 4.78 is 5.26. The summed E-state index contributed by atoms with van der Waals surface area (Å²) in [4.78, 5) is 0. The second-order valence-electron chi connectivity index (χ2n) is 6.32. The molecular weight excluding hydrogens is 276 g/mol. The quantitative estimate of drug-likeness (QED) is 0.697. The van der Waals surface area contributed by atoms with Crippen LogP contribution in [0.4, 0.5) is 0 Å². The predicted molar refractivity (Wildman–Crippen MR) is 94.0 cm³/mol. The van der Waals surface area contributed by atoms with Crippen LogP contribution in [0.15, 0.2) is 42.5 Å². The first-order chi connectivity index (χ1) is 9.84. The van der Waals surface area contributed by atoms with Gasteiger partial charge in [-0.15, -0.1) is 0 Å². The number of aryl methyl sites for hydroxylation is 1. The van der Waals surface area contributed by atoms with Gasteiger partial charge in [0.2, 0.25) is 0 Å². The summed E-state index contributed by atoms with van der Waals surface area (Å²) in [5.74, 6) is 0. The Balaban J connectivity index is 2.54. The number of ether oxygens (including phenoxy) is 1. The van der Waals surface area contributed by atoms with Gasteiger partial charge in [-0.1, -0.05) is 57.2 Å². The highest BCUT2D eigenvalue weighted by molar-refractivity contribution is 7.80. The van der Waals surface area contributed by atoms with Crippen LogP contribution in [0.1, 0.15) is 37.5 Å². The van der Waals surface area contributed by atoms with Gasteiger partial charge in [0.25, 0.3) is 0 Å². The second kappa shape index (κ2) is 5.98. The molecule has 1 nitrogen and oxygen atoms in total. The third-order valence-electron chi connectivity index (χ3n) is 3.72. The minimum atomic E-state index is 0.162. The molecule has 110 valence electrons. The van der Waals surface area contributed by atoms with Crippen molar-refractivity contribution in [2.45, 2.75) is 33.1 Å². The second-order valence-corrected chi connectivity index (χ2v) is 6.69. The van der Waals surface area contributed by atoms with Crippen molar-refractivity contribution in [3.05, 3.63) is 59.2 Å². The lowest BCUT2D eigenvalue weighted by molar-refractivity contribution is 0.416. The Morgan fingerprint density at radius 2 is 1.62 bits per heavy atom. The molecule has 0 bridgehead atoms. The van der Waals surface area contributed by atoms with Gasteiger partial charge < -0.3 is 4.74 Å². The standard InChI is InChI=1S/C19H22OS/c1-13-7-6-8-16(18(21)20-5)17(13)14-9-11-15(12-10-14)19(2,3)4/h6-12H,1-5H3. The number of hydrogen-bond acceptors (Lipinski definition) is 2. The normalized spacial score (nSPS) is 11.3. The van der Waals surface area contributed by atoms with E-state index in [0.717, 1.165) is 11.1 Å². The summed E-state index contributed by atoms with van der Waals surface area (Å²) in [5.41, 5.74) is 6.01. The molecule has 2 aromatic rings. The summed E-state index contributed by atoms with van der Waals surface area (Å²) in [7, 11) is 1.62. The third kappa shape index (κ3) is 3.33. The van der Waals surface area contributed by atoms with Gasteiger partial charge in [0.1, 0.15) is 0 Å². The van der Waals surface area contributed by atoms with E-state index >= 15 is 0 Å². The topological polar surface area (TPSA) is 9.23 Å². The fourth-order valence-corrected chi connectivity index (χ4v) is 2.64. The van der Waals surface area contributed by atoms with E-state index in [1.807, 2.05) is 12.1 Å². The largest absolute Gasteiger partial charge is 0.486 e. The molecule has 0 N–H and O–H groups in total. The van der Waals surface area contributed by atoms with Crippen LogP contribution >= 0.6 is 12.2 Å². The van der Waals surface area contributed by atoms with Crippen LogP contribution in [0.3, 0.4) is 0 Å². The van der Waals surface area contributed by atoms with Crippen LogP contribution in [0.25, 0.3) is 11.1 Å². The summed E-state index contributed by atoms with van der Waals surface area (Å²) in [6.45, 7) is 8.78. The van der Waals surface area contributed by atoms with Crippen LogP contribution in [-0.4, -0.2) is 12.2 Å². The summed E-state index contributed by atoms with van der Waals surface area (Å²) in [6, 6.07) is 14.9. The predicted octanol–water partition coefficient (Wildman–Crippen LogP) is 5.28. The molecule has 0 spiro atoms. The van der Waals surface area contributed by atoms with Gasteiger partial charge >= 0.3 is 0 Å². The maximum Gasteiger partial charge on any atom is 0.191 e. The van der Waals surface area contributed by atoms with Crippen LogP contribution in [0.5, 0.6) is 0 Å². The highest BCUT2D eigenvalue weighted by Crippen LogP contribution is 2.31. The average Bonchev–Trinajstić information content (AvgIpc) is 2.45. The summed E-state index contributed by atoms with van der Waals surface area (Å²) >= 11 is 5.33. The molecule has 0 amide bonds. The van der Waals surface area contributed by atoms with E-state index < -0.39 is 0 Å². The number of benzene rings is 2. The van der Waals surface area contributed by atoms with Gasteiger partial charge in [0.15, 0.2) is 5.05 Å². The van der Waals surface area contributed by atoms with Gasteiger partial charge in [0, 0.05) is 5.56 Å². The summed E-state index contributed by atoms with van der Waals surface area (Å²) in [5, 5.41) is 0.536. The SMILES string of the molecule is COC(=S)c1cccc(C)c1-c1ccc(C(C)(C)C)cc1. The van der Waals surface area contributed by atoms with Crippen molar-refractivity contribution in [2.24, 2.45) is 0 Å². The maximum atomic E-state index is 5.33. The zero-order valence-electron chi connectivity index (χ0n) is 13.4. The number of thiocarbonyl (C=S) groups is 1. The average molecular weight is 298 g/mol. The Labute approximate surface area is 133 Å². The Morgan fingerprint density at radius 1 is 1.00 bits per heavy atom. The van der Waals surface area contributed by atoms with Gasteiger partial charge in [-0.3, -0.25) is 0 Å². The van der Waals surface area contributed by atoms with Crippen molar-refractivity contribution >= 4 is 17.3 Å². The Hall–Kier alpha value is -1.67. The highest BCUT2D eigenvalue weighted by atomic mass is 32.1. The van der Waals surface area contributed by atoms with Crippen molar-refractivity contribution < 1.29 is 4.74 Å². The van der Waals surface area contributed by atoms with Crippen LogP contribution in [-0.2, 0) is 10.2 Å². The molecule has 21 heavy (non-hydrogen) atoms. The van der Waals surface area contributed by atoms with Crippen molar-refractivity contribution in [2.75, 3.05) is 7.11 Å². The van der Waals surface area contributed by atoms with Crippen LogP contribution in [0, 0.1) is 6.92 Å². The molecule has 0 saturated carbocycles. The van der Waals surface area contributed by atoms with Crippen molar-refractivity contribution in [3.63, 3.8) is 0 Å². The maximum absolute atomic E-state index is 5.33. The molecular formula is C19H22OS. The fraction of sp³-hybridized carbons (Fsp3) is 0.316. The first-order valence-electron chi connectivity index (χ1n) is 7.13. The van der Waals surface area contributed by atoms with Gasteiger partial charge in [-0.25, -0.2) is 0 Å². The molecule has 0 fully saturated rings. The zero-order valence-corrected chi connectivity index (χ0v) is 14.2. The van der Waals surface area contributed by atoms with Gasteiger partial charge in [-0.05, 0) is 52.9 Å². The lowest BCUT2D eigenvalue weighted by atomic mass is 9.85.